The van der Waals surface area contributed by atoms with Crippen molar-refractivity contribution in [1.82, 2.24) is 15.0 Å². The van der Waals surface area contributed by atoms with Gasteiger partial charge in [0.05, 0.1) is 25.7 Å². The minimum absolute atomic E-state index is 0.0452. The summed E-state index contributed by atoms with van der Waals surface area (Å²) in [7, 11) is 1.87. The third-order valence-corrected chi connectivity index (χ3v) is 5.97. The lowest BCUT2D eigenvalue weighted by Gasteiger charge is -2.36. The van der Waals surface area contributed by atoms with E-state index in [9.17, 15) is 4.79 Å². The van der Waals surface area contributed by atoms with E-state index in [2.05, 4.69) is 27.6 Å². The van der Waals surface area contributed by atoms with Gasteiger partial charge in [-0.2, -0.15) is 0 Å². The average Bonchev–Trinajstić information content (AvgIpc) is 3.37. The van der Waals surface area contributed by atoms with Crippen molar-refractivity contribution in [2.45, 2.75) is 12.5 Å². The number of aromatic nitrogens is 1. The minimum atomic E-state index is 0.0452. The molecule has 142 valence electrons. The van der Waals surface area contributed by atoms with Crippen LogP contribution in [0.5, 0.6) is 0 Å². The third-order valence-electron chi connectivity index (χ3n) is 5.00. The molecule has 0 saturated carbocycles. The molecular weight excluding hydrogens is 362 g/mol. The van der Waals surface area contributed by atoms with Crippen LogP contribution in [0.4, 0.5) is 0 Å². The SMILES string of the molecule is CN(CC(c1cccs1)N1CCOCC1)C(=O)Cc1noc2ccccc12. The lowest BCUT2D eigenvalue weighted by Crippen LogP contribution is -2.44. The van der Waals surface area contributed by atoms with E-state index in [1.165, 1.54) is 4.88 Å². The maximum Gasteiger partial charge on any atom is 0.228 e. The number of nitrogens with zero attached hydrogens (tertiary/aromatic N) is 3. The van der Waals surface area contributed by atoms with Crippen LogP contribution in [-0.4, -0.2) is 60.8 Å². The van der Waals surface area contributed by atoms with Gasteiger partial charge in [0.15, 0.2) is 5.58 Å². The molecule has 0 spiro atoms. The minimum Gasteiger partial charge on any atom is -0.379 e. The molecule has 0 aliphatic carbocycles. The molecule has 1 unspecified atom stereocenters. The number of morpholine rings is 1. The second kappa shape index (κ2) is 8.21. The first kappa shape index (κ1) is 18.2. The van der Waals surface area contributed by atoms with Crippen molar-refractivity contribution in [3.05, 3.63) is 52.3 Å². The number of rotatable bonds is 6. The lowest BCUT2D eigenvalue weighted by atomic mass is 10.1. The Kier molecular flexibility index (Phi) is 5.52. The number of fused-ring (bicyclic) bond motifs is 1. The Morgan fingerprint density at radius 1 is 1.26 bits per heavy atom. The Balaban J connectivity index is 1.47. The van der Waals surface area contributed by atoms with Crippen LogP contribution < -0.4 is 0 Å². The molecule has 2 aromatic heterocycles. The molecule has 3 heterocycles. The molecule has 7 heteroatoms. The summed E-state index contributed by atoms with van der Waals surface area (Å²) < 4.78 is 10.8. The fraction of sp³-hybridized carbons (Fsp3) is 0.400. The van der Waals surface area contributed by atoms with Gasteiger partial charge in [0.25, 0.3) is 0 Å². The number of ether oxygens (including phenoxy) is 1. The van der Waals surface area contributed by atoms with Crippen LogP contribution in [0.15, 0.2) is 46.3 Å². The number of para-hydroxylation sites is 1. The highest BCUT2D eigenvalue weighted by molar-refractivity contribution is 7.10. The van der Waals surface area contributed by atoms with Crippen molar-refractivity contribution in [3.8, 4) is 0 Å². The topological polar surface area (TPSA) is 58.8 Å². The monoisotopic (exact) mass is 385 g/mol. The molecule has 3 aromatic rings. The largest absolute Gasteiger partial charge is 0.379 e. The van der Waals surface area contributed by atoms with Crippen LogP contribution >= 0.6 is 11.3 Å². The van der Waals surface area contributed by atoms with Crippen molar-refractivity contribution in [2.75, 3.05) is 39.9 Å². The van der Waals surface area contributed by atoms with E-state index in [0.29, 0.717) is 17.8 Å². The van der Waals surface area contributed by atoms with Crippen molar-refractivity contribution in [3.63, 3.8) is 0 Å². The van der Waals surface area contributed by atoms with Gasteiger partial charge in [-0.25, -0.2) is 0 Å². The number of carbonyl (C=O) groups is 1. The van der Waals surface area contributed by atoms with Crippen LogP contribution in [0.2, 0.25) is 0 Å². The van der Waals surface area contributed by atoms with E-state index in [-0.39, 0.29) is 18.4 Å². The maximum atomic E-state index is 12.8. The van der Waals surface area contributed by atoms with Crippen LogP contribution in [-0.2, 0) is 16.0 Å². The van der Waals surface area contributed by atoms with E-state index < -0.39 is 0 Å². The highest BCUT2D eigenvalue weighted by atomic mass is 32.1. The second-order valence-corrected chi connectivity index (χ2v) is 7.74. The van der Waals surface area contributed by atoms with E-state index in [0.717, 1.165) is 31.7 Å². The molecule has 0 N–H and O–H groups in total. The van der Waals surface area contributed by atoms with Crippen molar-refractivity contribution < 1.29 is 14.1 Å². The molecular formula is C20H23N3O3S. The summed E-state index contributed by atoms with van der Waals surface area (Å²) in [5.74, 6) is 0.0452. The molecule has 0 bridgehead atoms. The van der Waals surface area contributed by atoms with E-state index in [4.69, 9.17) is 9.26 Å². The van der Waals surface area contributed by atoms with Gasteiger partial charge < -0.3 is 14.2 Å². The van der Waals surface area contributed by atoms with Gasteiger partial charge in [0.1, 0.15) is 5.69 Å². The predicted molar refractivity (Wildman–Crippen MR) is 105 cm³/mol. The Bertz CT molecular complexity index is 887. The number of amides is 1. The average molecular weight is 385 g/mol. The van der Waals surface area contributed by atoms with Gasteiger partial charge in [-0.05, 0) is 23.6 Å². The molecule has 1 atom stereocenters. The summed E-state index contributed by atoms with van der Waals surface area (Å²) in [4.78, 5) is 18.3. The van der Waals surface area contributed by atoms with Crippen LogP contribution in [0, 0.1) is 0 Å². The Hall–Kier alpha value is -2.22. The highest BCUT2D eigenvalue weighted by Gasteiger charge is 2.26. The first-order chi connectivity index (χ1) is 13.2. The molecule has 27 heavy (non-hydrogen) atoms. The molecule has 6 nitrogen and oxygen atoms in total. The molecule has 4 rings (SSSR count). The molecule has 1 amide bonds. The molecule has 1 aliphatic rings. The zero-order chi connectivity index (χ0) is 18.6. The predicted octanol–water partition coefficient (Wildman–Crippen LogP) is 2.96. The van der Waals surface area contributed by atoms with Crippen LogP contribution in [0.3, 0.4) is 0 Å². The first-order valence-corrected chi connectivity index (χ1v) is 10.0. The Morgan fingerprint density at radius 2 is 2.07 bits per heavy atom. The van der Waals surface area contributed by atoms with Gasteiger partial charge in [0.2, 0.25) is 5.91 Å². The highest BCUT2D eigenvalue weighted by Crippen LogP contribution is 2.27. The van der Waals surface area contributed by atoms with Crippen molar-refractivity contribution >= 4 is 28.2 Å². The quantitative estimate of drug-likeness (QED) is 0.653. The van der Waals surface area contributed by atoms with E-state index in [1.807, 2.05) is 36.2 Å². The van der Waals surface area contributed by atoms with Gasteiger partial charge in [0, 0.05) is 36.9 Å². The summed E-state index contributed by atoms with van der Waals surface area (Å²) in [6.45, 7) is 3.90. The standard InChI is InChI=1S/C20H23N3O3S/c1-22(20(24)13-16-15-5-2-3-6-18(15)26-21-16)14-17(19-7-4-12-27-19)23-8-10-25-11-9-23/h2-7,12,17H,8-11,13-14H2,1H3. The molecule has 1 fully saturated rings. The smallest absolute Gasteiger partial charge is 0.228 e. The van der Waals surface area contributed by atoms with Gasteiger partial charge in [-0.3, -0.25) is 9.69 Å². The van der Waals surface area contributed by atoms with Crippen LogP contribution in [0.1, 0.15) is 16.6 Å². The normalized spacial score (nSPS) is 16.5. The van der Waals surface area contributed by atoms with Crippen molar-refractivity contribution in [2.24, 2.45) is 0 Å². The summed E-state index contributed by atoms with van der Waals surface area (Å²) in [5.41, 5.74) is 1.41. The van der Waals surface area contributed by atoms with E-state index in [1.54, 1.807) is 11.3 Å². The Labute approximate surface area is 162 Å². The first-order valence-electron chi connectivity index (χ1n) is 9.15. The number of hydrogen-bond donors (Lipinski definition) is 0. The zero-order valence-corrected chi connectivity index (χ0v) is 16.2. The fourth-order valence-corrected chi connectivity index (χ4v) is 4.31. The van der Waals surface area contributed by atoms with Gasteiger partial charge in [-0.15, -0.1) is 11.3 Å². The summed E-state index contributed by atoms with van der Waals surface area (Å²) in [6, 6.07) is 12.0. The number of benzene rings is 1. The second-order valence-electron chi connectivity index (χ2n) is 6.76. The fourth-order valence-electron chi connectivity index (χ4n) is 3.46. The Morgan fingerprint density at radius 3 is 2.85 bits per heavy atom. The molecule has 1 saturated heterocycles. The zero-order valence-electron chi connectivity index (χ0n) is 15.3. The number of likely N-dealkylation sites (N-methyl/N-ethyl adjacent to an activating group) is 1. The maximum absolute atomic E-state index is 12.8. The number of hydrogen-bond acceptors (Lipinski definition) is 6. The molecule has 0 radical (unpaired) electrons. The van der Waals surface area contributed by atoms with E-state index >= 15 is 0 Å². The summed E-state index contributed by atoms with van der Waals surface area (Å²) in [5, 5.41) is 7.08. The summed E-state index contributed by atoms with van der Waals surface area (Å²) in [6.07, 6.45) is 0.244. The van der Waals surface area contributed by atoms with Gasteiger partial charge >= 0.3 is 0 Å². The summed E-state index contributed by atoms with van der Waals surface area (Å²) >= 11 is 1.74. The molecule has 1 aromatic carbocycles. The number of thiophene rings is 1. The van der Waals surface area contributed by atoms with Crippen molar-refractivity contribution in [1.29, 1.82) is 0 Å². The van der Waals surface area contributed by atoms with Crippen LogP contribution in [0.25, 0.3) is 11.0 Å². The number of carbonyl (C=O) groups excluding carboxylic acids is 1. The molecule has 1 aliphatic heterocycles. The lowest BCUT2D eigenvalue weighted by molar-refractivity contribution is -0.130. The third kappa shape index (κ3) is 4.05. The van der Waals surface area contributed by atoms with Gasteiger partial charge in [-0.1, -0.05) is 23.4 Å².